The summed E-state index contributed by atoms with van der Waals surface area (Å²) in [5.74, 6) is 1.67. The van der Waals surface area contributed by atoms with Gasteiger partial charge in [0.25, 0.3) is 0 Å². The average Bonchev–Trinajstić information content (AvgIpc) is 2.74. The Hall–Kier alpha value is -0.590. The number of anilines is 1. The largest absolute Gasteiger partial charge is 0.363 e. The summed E-state index contributed by atoms with van der Waals surface area (Å²) < 4.78 is 5.36. The summed E-state index contributed by atoms with van der Waals surface area (Å²) in [6.45, 7) is 0. The molecule has 0 fully saturated rings. The van der Waals surface area contributed by atoms with E-state index in [0.29, 0.717) is 0 Å². The summed E-state index contributed by atoms with van der Waals surface area (Å²) in [4.78, 5) is 5.55. The van der Waals surface area contributed by atoms with Crippen LogP contribution < -0.4 is 5.32 Å². The molecule has 2 aromatic rings. The maximum atomic E-state index is 4.33. The fourth-order valence-electron chi connectivity index (χ4n) is 1.12. The van der Waals surface area contributed by atoms with Crippen molar-refractivity contribution in [3.8, 4) is 0 Å². The molecule has 1 aromatic carbocycles. The van der Waals surface area contributed by atoms with Crippen LogP contribution in [-0.2, 0) is 5.75 Å². The summed E-state index contributed by atoms with van der Waals surface area (Å²) >= 11 is 6.58. The molecular weight excluding hydrogens is 306 g/mol. The molecule has 0 atom stereocenters. The molecule has 0 aliphatic heterocycles. The molecule has 0 radical (unpaired) electrons. The lowest BCUT2D eigenvalue weighted by molar-refractivity contribution is 1.13. The number of halogens is 1. The lowest BCUT2D eigenvalue weighted by Gasteiger charge is -1.98. The molecule has 0 aliphatic rings. The summed E-state index contributed by atoms with van der Waals surface area (Å²) in [5.41, 5.74) is 0. The first-order chi connectivity index (χ1) is 7.78. The number of benzene rings is 1. The molecular formula is C10H10BrN3S2. The van der Waals surface area contributed by atoms with E-state index >= 15 is 0 Å². The third-order valence-electron chi connectivity index (χ3n) is 1.85. The first kappa shape index (κ1) is 11.9. The zero-order valence-corrected chi connectivity index (χ0v) is 11.8. The maximum absolute atomic E-state index is 4.33. The lowest BCUT2D eigenvalue weighted by Crippen LogP contribution is -1.88. The van der Waals surface area contributed by atoms with Crippen LogP contribution in [0.1, 0.15) is 5.82 Å². The predicted octanol–water partition coefficient (Wildman–Crippen LogP) is 3.63. The highest BCUT2D eigenvalue weighted by Gasteiger charge is 2.03. The lowest BCUT2D eigenvalue weighted by atomic mass is 10.4. The van der Waals surface area contributed by atoms with Gasteiger partial charge in [-0.25, -0.2) is 4.98 Å². The van der Waals surface area contributed by atoms with E-state index in [1.807, 2.05) is 19.2 Å². The van der Waals surface area contributed by atoms with Gasteiger partial charge in [-0.1, -0.05) is 22.0 Å². The number of hydrogen-bond acceptors (Lipinski definition) is 5. The molecule has 0 aliphatic carbocycles. The van der Waals surface area contributed by atoms with Crippen LogP contribution in [0.4, 0.5) is 5.13 Å². The van der Waals surface area contributed by atoms with E-state index in [9.17, 15) is 0 Å². The van der Waals surface area contributed by atoms with Gasteiger partial charge < -0.3 is 5.32 Å². The van der Waals surface area contributed by atoms with Crippen molar-refractivity contribution in [2.45, 2.75) is 10.6 Å². The first-order valence-corrected chi connectivity index (χ1v) is 7.22. The molecule has 0 saturated heterocycles. The molecule has 1 aromatic heterocycles. The highest BCUT2D eigenvalue weighted by atomic mass is 79.9. The number of nitrogens with zero attached hydrogens (tertiary/aromatic N) is 2. The molecule has 0 amide bonds. The van der Waals surface area contributed by atoms with E-state index in [1.54, 1.807) is 11.8 Å². The Bertz CT molecular complexity index is 473. The van der Waals surface area contributed by atoms with Crippen molar-refractivity contribution in [2.24, 2.45) is 0 Å². The van der Waals surface area contributed by atoms with Crippen molar-refractivity contribution >= 4 is 44.4 Å². The monoisotopic (exact) mass is 315 g/mol. The third-order valence-corrected chi connectivity index (χ3v) is 4.10. The van der Waals surface area contributed by atoms with Crippen LogP contribution in [0.25, 0.3) is 0 Å². The summed E-state index contributed by atoms with van der Waals surface area (Å²) in [6, 6.07) is 8.22. The predicted molar refractivity (Wildman–Crippen MR) is 73.2 cm³/mol. The highest BCUT2D eigenvalue weighted by molar-refractivity contribution is 9.10. The van der Waals surface area contributed by atoms with Gasteiger partial charge in [0.15, 0.2) is 5.82 Å². The molecule has 3 nitrogen and oxygen atoms in total. The minimum absolute atomic E-state index is 0.800. The Labute approximate surface area is 111 Å². The minimum Gasteiger partial charge on any atom is -0.363 e. The van der Waals surface area contributed by atoms with E-state index in [-0.39, 0.29) is 0 Å². The van der Waals surface area contributed by atoms with Crippen LogP contribution in [0.2, 0.25) is 0 Å². The van der Waals surface area contributed by atoms with Gasteiger partial charge in [0.1, 0.15) is 0 Å². The van der Waals surface area contributed by atoms with Crippen LogP contribution in [0, 0.1) is 0 Å². The van der Waals surface area contributed by atoms with Crippen molar-refractivity contribution < 1.29 is 0 Å². The Morgan fingerprint density at radius 1 is 1.50 bits per heavy atom. The Morgan fingerprint density at radius 2 is 2.38 bits per heavy atom. The van der Waals surface area contributed by atoms with Gasteiger partial charge in [-0.05, 0) is 18.2 Å². The van der Waals surface area contributed by atoms with Crippen molar-refractivity contribution in [3.63, 3.8) is 0 Å². The van der Waals surface area contributed by atoms with Crippen LogP contribution in [0.3, 0.4) is 0 Å². The SMILES string of the molecule is CNc1nc(CSc2cccc(Br)c2)ns1. The summed E-state index contributed by atoms with van der Waals surface area (Å²) in [7, 11) is 1.85. The van der Waals surface area contributed by atoms with E-state index < -0.39 is 0 Å². The Morgan fingerprint density at radius 3 is 3.06 bits per heavy atom. The smallest absolute Gasteiger partial charge is 0.202 e. The zero-order valence-electron chi connectivity index (χ0n) is 8.61. The van der Waals surface area contributed by atoms with Crippen molar-refractivity contribution in [1.82, 2.24) is 9.36 Å². The normalized spacial score (nSPS) is 10.4. The van der Waals surface area contributed by atoms with Crippen LogP contribution in [0.15, 0.2) is 33.6 Å². The number of rotatable bonds is 4. The van der Waals surface area contributed by atoms with Gasteiger partial charge in [0.05, 0.1) is 5.75 Å². The number of nitrogens with one attached hydrogen (secondary N) is 1. The number of aromatic nitrogens is 2. The third kappa shape index (κ3) is 3.20. The molecule has 0 bridgehead atoms. The van der Waals surface area contributed by atoms with Crippen molar-refractivity contribution in [1.29, 1.82) is 0 Å². The number of hydrogen-bond donors (Lipinski definition) is 1. The second-order valence-corrected chi connectivity index (χ2v) is 5.73. The van der Waals surface area contributed by atoms with Crippen molar-refractivity contribution in [3.05, 3.63) is 34.6 Å². The van der Waals surface area contributed by atoms with E-state index in [2.05, 4.69) is 42.7 Å². The van der Waals surface area contributed by atoms with Crippen LogP contribution in [0.5, 0.6) is 0 Å². The fourth-order valence-corrected chi connectivity index (χ4v) is 3.10. The van der Waals surface area contributed by atoms with Gasteiger partial charge in [0.2, 0.25) is 5.13 Å². The van der Waals surface area contributed by atoms with Gasteiger partial charge in [-0.15, -0.1) is 11.8 Å². The van der Waals surface area contributed by atoms with E-state index in [4.69, 9.17) is 0 Å². The molecule has 0 spiro atoms. The van der Waals surface area contributed by atoms with Gasteiger partial charge in [-0.3, -0.25) is 0 Å². The first-order valence-electron chi connectivity index (χ1n) is 4.66. The quantitative estimate of drug-likeness (QED) is 0.874. The fraction of sp³-hybridized carbons (Fsp3) is 0.200. The van der Waals surface area contributed by atoms with Crippen LogP contribution in [-0.4, -0.2) is 16.4 Å². The van der Waals surface area contributed by atoms with E-state index in [0.717, 1.165) is 21.2 Å². The second-order valence-electron chi connectivity index (χ2n) is 3.01. The average molecular weight is 316 g/mol. The summed E-state index contributed by atoms with van der Waals surface area (Å²) in [6.07, 6.45) is 0. The van der Waals surface area contributed by atoms with Gasteiger partial charge in [0, 0.05) is 27.9 Å². The Kier molecular flexibility index (Phi) is 4.20. The second kappa shape index (κ2) is 5.65. The molecule has 1 N–H and O–H groups in total. The Balaban J connectivity index is 1.96. The molecule has 1 heterocycles. The summed E-state index contributed by atoms with van der Waals surface area (Å²) in [5, 5.41) is 3.85. The molecule has 2 rings (SSSR count). The van der Waals surface area contributed by atoms with Gasteiger partial charge in [-0.2, -0.15) is 4.37 Å². The molecule has 0 saturated carbocycles. The maximum Gasteiger partial charge on any atom is 0.202 e. The topological polar surface area (TPSA) is 37.8 Å². The van der Waals surface area contributed by atoms with Crippen molar-refractivity contribution in [2.75, 3.05) is 12.4 Å². The molecule has 84 valence electrons. The highest BCUT2D eigenvalue weighted by Crippen LogP contribution is 2.25. The molecule has 16 heavy (non-hydrogen) atoms. The molecule has 0 unspecified atom stereocenters. The standard InChI is InChI=1S/C10H10BrN3S2/c1-12-10-13-9(14-16-10)6-15-8-4-2-3-7(11)5-8/h2-5H,6H2,1H3,(H,12,13,14). The number of thioether (sulfide) groups is 1. The zero-order chi connectivity index (χ0) is 11.4. The van der Waals surface area contributed by atoms with E-state index in [1.165, 1.54) is 16.4 Å². The van der Waals surface area contributed by atoms with Gasteiger partial charge >= 0.3 is 0 Å². The minimum atomic E-state index is 0.800. The van der Waals surface area contributed by atoms with Crippen LogP contribution >= 0.6 is 39.2 Å². The molecule has 6 heteroatoms.